The van der Waals surface area contributed by atoms with Gasteiger partial charge in [-0.1, -0.05) is 6.07 Å². The van der Waals surface area contributed by atoms with Gasteiger partial charge in [0.15, 0.2) is 0 Å². The topological polar surface area (TPSA) is 79.7 Å². The molecular formula is C14H14N2O4S. The first kappa shape index (κ1) is 14.0. The Morgan fingerprint density at radius 2 is 2.29 bits per heavy atom. The number of benzene rings is 1. The Morgan fingerprint density at radius 1 is 1.48 bits per heavy atom. The van der Waals surface area contributed by atoms with E-state index < -0.39 is 17.9 Å². The quantitative estimate of drug-likeness (QED) is 0.811. The highest BCUT2D eigenvalue weighted by molar-refractivity contribution is 7.16. The summed E-state index contributed by atoms with van der Waals surface area (Å²) in [5.74, 6) is -2.34. The standard InChI is InChI=1S/C14H14N2O4S/c1-8-5-16(13(17)14(18)19)11(6-20-8)9-2-3-12-10(4-9)15-7-21-12/h2-4,7-8,11H,5-6H2,1H3,(H,18,19)/t8-,11?/m1/s1. The molecule has 0 radical (unpaired) electrons. The highest BCUT2D eigenvalue weighted by Crippen LogP contribution is 2.29. The highest BCUT2D eigenvalue weighted by Gasteiger charge is 2.34. The summed E-state index contributed by atoms with van der Waals surface area (Å²) in [5.41, 5.74) is 3.45. The maximum atomic E-state index is 11.9. The molecule has 21 heavy (non-hydrogen) atoms. The number of aliphatic carboxylic acids is 1. The number of carbonyl (C=O) groups excluding carboxylic acids is 1. The SMILES string of the molecule is C[C@@H]1CN(C(=O)C(=O)O)C(c2ccc3scnc3c2)CO1. The Balaban J connectivity index is 1.96. The van der Waals surface area contributed by atoms with Gasteiger partial charge in [-0.15, -0.1) is 11.3 Å². The van der Waals surface area contributed by atoms with Gasteiger partial charge < -0.3 is 14.7 Å². The zero-order valence-corrected chi connectivity index (χ0v) is 12.2. The lowest BCUT2D eigenvalue weighted by molar-refractivity contribution is -0.163. The van der Waals surface area contributed by atoms with Crippen molar-refractivity contribution >= 4 is 33.4 Å². The zero-order chi connectivity index (χ0) is 15.0. The minimum Gasteiger partial charge on any atom is -0.474 e. The number of nitrogens with zero attached hydrogens (tertiary/aromatic N) is 2. The molecule has 1 N–H and O–H groups in total. The van der Waals surface area contributed by atoms with Crippen molar-refractivity contribution in [1.29, 1.82) is 0 Å². The molecule has 2 aromatic rings. The molecule has 2 atom stereocenters. The summed E-state index contributed by atoms with van der Waals surface area (Å²) in [4.78, 5) is 28.5. The van der Waals surface area contributed by atoms with Crippen molar-refractivity contribution in [3.05, 3.63) is 29.3 Å². The number of hydrogen-bond acceptors (Lipinski definition) is 5. The molecule has 110 valence electrons. The van der Waals surface area contributed by atoms with Gasteiger partial charge in [0.05, 0.1) is 34.5 Å². The van der Waals surface area contributed by atoms with Crippen molar-refractivity contribution in [2.24, 2.45) is 0 Å². The zero-order valence-electron chi connectivity index (χ0n) is 11.4. The Bertz CT molecular complexity index is 699. The predicted octanol–water partition coefficient (Wildman–Crippen LogP) is 1.67. The van der Waals surface area contributed by atoms with Crippen LogP contribution < -0.4 is 0 Å². The summed E-state index contributed by atoms with van der Waals surface area (Å²) in [6.45, 7) is 2.38. The van der Waals surface area contributed by atoms with Crippen LogP contribution in [-0.2, 0) is 14.3 Å². The monoisotopic (exact) mass is 306 g/mol. The number of fused-ring (bicyclic) bond motifs is 1. The van der Waals surface area contributed by atoms with Crippen LogP contribution in [0.3, 0.4) is 0 Å². The molecule has 1 saturated heterocycles. The lowest BCUT2D eigenvalue weighted by Gasteiger charge is -2.37. The minimum atomic E-state index is -1.44. The molecule has 1 aromatic heterocycles. The van der Waals surface area contributed by atoms with E-state index in [4.69, 9.17) is 9.84 Å². The van der Waals surface area contributed by atoms with E-state index >= 15 is 0 Å². The van der Waals surface area contributed by atoms with Crippen LogP contribution in [-0.4, -0.2) is 46.1 Å². The van der Waals surface area contributed by atoms with Gasteiger partial charge in [0, 0.05) is 6.54 Å². The molecule has 1 unspecified atom stereocenters. The number of aromatic nitrogens is 1. The van der Waals surface area contributed by atoms with Crippen LogP contribution in [0.15, 0.2) is 23.7 Å². The van der Waals surface area contributed by atoms with Crippen LogP contribution in [0.4, 0.5) is 0 Å². The summed E-state index contributed by atoms with van der Waals surface area (Å²) in [6, 6.07) is 5.32. The number of thiazole rings is 1. The molecule has 1 aliphatic heterocycles. The first-order chi connectivity index (χ1) is 10.1. The summed E-state index contributed by atoms with van der Waals surface area (Å²) in [6.07, 6.45) is -0.174. The maximum Gasteiger partial charge on any atom is 0.394 e. The fraction of sp³-hybridized carbons (Fsp3) is 0.357. The summed E-state index contributed by atoms with van der Waals surface area (Å²) < 4.78 is 6.65. The number of hydrogen-bond donors (Lipinski definition) is 1. The van der Waals surface area contributed by atoms with E-state index in [1.165, 1.54) is 16.2 Å². The lowest BCUT2D eigenvalue weighted by Crippen LogP contribution is -2.49. The van der Waals surface area contributed by atoms with E-state index in [0.717, 1.165) is 15.8 Å². The number of rotatable bonds is 1. The van der Waals surface area contributed by atoms with Crippen molar-refractivity contribution in [1.82, 2.24) is 9.88 Å². The van der Waals surface area contributed by atoms with Gasteiger partial charge in [-0.2, -0.15) is 0 Å². The minimum absolute atomic E-state index is 0.174. The van der Waals surface area contributed by atoms with Gasteiger partial charge >= 0.3 is 11.9 Å². The van der Waals surface area contributed by atoms with Crippen molar-refractivity contribution in [3.8, 4) is 0 Å². The maximum absolute atomic E-state index is 11.9. The predicted molar refractivity (Wildman–Crippen MR) is 77.1 cm³/mol. The normalized spacial score (nSPS) is 22.4. The van der Waals surface area contributed by atoms with Crippen LogP contribution >= 0.6 is 11.3 Å². The van der Waals surface area contributed by atoms with E-state index in [0.29, 0.717) is 0 Å². The molecule has 0 spiro atoms. The second-order valence-electron chi connectivity index (χ2n) is 5.00. The molecule has 1 fully saturated rings. The molecule has 7 heteroatoms. The first-order valence-corrected chi connectivity index (χ1v) is 7.43. The third kappa shape index (κ3) is 2.62. The van der Waals surface area contributed by atoms with E-state index in [1.54, 1.807) is 5.51 Å². The fourth-order valence-corrected chi connectivity index (χ4v) is 3.17. The van der Waals surface area contributed by atoms with Gasteiger partial charge in [-0.05, 0) is 24.6 Å². The van der Waals surface area contributed by atoms with Gasteiger partial charge in [-0.25, -0.2) is 9.78 Å². The summed E-state index contributed by atoms with van der Waals surface area (Å²) in [5, 5.41) is 8.98. The van der Waals surface area contributed by atoms with Crippen LogP contribution in [0.1, 0.15) is 18.5 Å². The molecule has 1 aromatic carbocycles. The number of carboxylic acids is 1. The third-order valence-electron chi connectivity index (χ3n) is 3.55. The van der Waals surface area contributed by atoms with Crippen LogP contribution in [0.5, 0.6) is 0 Å². The van der Waals surface area contributed by atoms with Crippen molar-refractivity contribution in [2.75, 3.05) is 13.2 Å². The van der Waals surface area contributed by atoms with Crippen LogP contribution in [0.25, 0.3) is 10.2 Å². The Kier molecular flexibility index (Phi) is 3.60. The fourth-order valence-electron chi connectivity index (χ4n) is 2.51. The molecule has 2 heterocycles. The Labute approximate surface area is 125 Å². The molecule has 6 nitrogen and oxygen atoms in total. The number of carboxylic acid groups (broad SMARTS) is 1. The Morgan fingerprint density at radius 3 is 3.05 bits per heavy atom. The molecule has 3 rings (SSSR count). The number of ether oxygens (including phenoxy) is 1. The van der Waals surface area contributed by atoms with Crippen molar-refractivity contribution < 1.29 is 19.4 Å². The number of morpholine rings is 1. The molecule has 0 saturated carbocycles. The van der Waals surface area contributed by atoms with E-state index in [-0.39, 0.29) is 19.3 Å². The Hall–Kier alpha value is -1.99. The highest BCUT2D eigenvalue weighted by atomic mass is 32.1. The largest absolute Gasteiger partial charge is 0.474 e. The van der Waals surface area contributed by atoms with Gasteiger partial charge in [-0.3, -0.25) is 4.79 Å². The molecular weight excluding hydrogens is 292 g/mol. The number of amides is 1. The van der Waals surface area contributed by atoms with Gasteiger partial charge in [0.25, 0.3) is 0 Å². The molecule has 0 aliphatic carbocycles. The average Bonchev–Trinajstić information content (AvgIpc) is 2.93. The smallest absolute Gasteiger partial charge is 0.394 e. The average molecular weight is 306 g/mol. The lowest BCUT2D eigenvalue weighted by atomic mass is 10.0. The number of carbonyl (C=O) groups is 2. The van der Waals surface area contributed by atoms with Crippen LogP contribution in [0, 0.1) is 0 Å². The molecule has 0 bridgehead atoms. The van der Waals surface area contributed by atoms with E-state index in [2.05, 4.69) is 4.98 Å². The van der Waals surface area contributed by atoms with Gasteiger partial charge in [0.2, 0.25) is 0 Å². The van der Waals surface area contributed by atoms with Crippen LogP contribution in [0.2, 0.25) is 0 Å². The molecule has 1 amide bonds. The summed E-state index contributed by atoms with van der Waals surface area (Å²) in [7, 11) is 0. The van der Waals surface area contributed by atoms with Crippen molar-refractivity contribution in [3.63, 3.8) is 0 Å². The second kappa shape index (κ2) is 5.42. The van der Waals surface area contributed by atoms with Crippen molar-refractivity contribution in [2.45, 2.75) is 19.1 Å². The summed E-state index contributed by atoms with van der Waals surface area (Å²) >= 11 is 1.54. The second-order valence-corrected chi connectivity index (χ2v) is 5.89. The van der Waals surface area contributed by atoms with E-state index in [9.17, 15) is 9.59 Å². The first-order valence-electron chi connectivity index (χ1n) is 6.55. The third-order valence-corrected chi connectivity index (χ3v) is 4.36. The molecule has 1 aliphatic rings. The van der Waals surface area contributed by atoms with Gasteiger partial charge in [0.1, 0.15) is 0 Å². The van der Waals surface area contributed by atoms with E-state index in [1.807, 2.05) is 25.1 Å².